The van der Waals surface area contributed by atoms with Gasteiger partial charge in [-0.25, -0.2) is 9.97 Å². The second kappa shape index (κ2) is 13.4. The first-order valence-corrected chi connectivity index (χ1v) is 20.2. The van der Waals surface area contributed by atoms with Gasteiger partial charge in [-0.15, -0.1) is 0 Å². The fourth-order valence-electron chi connectivity index (χ4n) is 9.49. The van der Waals surface area contributed by atoms with Gasteiger partial charge in [0.2, 0.25) is 0 Å². The van der Waals surface area contributed by atoms with Crippen molar-refractivity contribution in [3.05, 3.63) is 212 Å². The summed E-state index contributed by atoms with van der Waals surface area (Å²) in [5.41, 5.74) is 12.1. The lowest BCUT2D eigenvalue weighted by atomic mass is 9.83. The lowest BCUT2D eigenvalue weighted by Crippen LogP contribution is -2.00. The molecule has 12 rings (SSSR count). The molecule has 0 aliphatic rings. The molecule has 0 amide bonds. The molecule has 0 N–H and O–H groups in total. The summed E-state index contributed by atoms with van der Waals surface area (Å²) in [6.45, 7) is 0. The van der Waals surface area contributed by atoms with Crippen molar-refractivity contribution in [1.82, 2.24) is 14.5 Å². The zero-order chi connectivity index (χ0) is 38.9. The lowest BCUT2D eigenvalue weighted by molar-refractivity contribution is 1.17. The Labute approximate surface area is 341 Å². The van der Waals surface area contributed by atoms with E-state index in [1.54, 1.807) is 0 Å². The normalized spacial score (nSPS) is 11.7. The van der Waals surface area contributed by atoms with Crippen LogP contribution in [0.2, 0.25) is 0 Å². The van der Waals surface area contributed by atoms with Gasteiger partial charge in [0.15, 0.2) is 5.82 Å². The average molecular weight is 750 g/mol. The van der Waals surface area contributed by atoms with Gasteiger partial charge in [0.1, 0.15) is 0 Å². The highest BCUT2D eigenvalue weighted by molar-refractivity contribution is 6.39. The Morgan fingerprint density at radius 3 is 1.47 bits per heavy atom. The van der Waals surface area contributed by atoms with E-state index in [0.29, 0.717) is 5.82 Å². The molecule has 2 aromatic heterocycles. The Balaban J connectivity index is 1.27. The highest BCUT2D eigenvalue weighted by Gasteiger charge is 2.27. The molecule has 12 aromatic rings. The Morgan fingerprint density at radius 2 is 0.814 bits per heavy atom. The topological polar surface area (TPSA) is 30.7 Å². The molecule has 3 nitrogen and oxygen atoms in total. The van der Waals surface area contributed by atoms with E-state index in [0.717, 1.165) is 38.9 Å². The summed E-state index contributed by atoms with van der Waals surface area (Å²) in [6, 6.07) is 76.3. The van der Waals surface area contributed by atoms with Crippen molar-refractivity contribution >= 4 is 65.0 Å². The second-order valence-corrected chi connectivity index (χ2v) is 15.2. The van der Waals surface area contributed by atoms with E-state index >= 15 is 0 Å². The highest BCUT2D eigenvalue weighted by atomic mass is 15.0. The molecule has 0 aliphatic carbocycles. The molecule has 274 valence electrons. The zero-order valence-electron chi connectivity index (χ0n) is 32.0. The van der Waals surface area contributed by atoms with Crippen molar-refractivity contribution < 1.29 is 0 Å². The summed E-state index contributed by atoms with van der Waals surface area (Å²) in [4.78, 5) is 10.5. The van der Waals surface area contributed by atoms with Gasteiger partial charge in [-0.3, -0.25) is 0 Å². The molecular formula is C56H35N3. The molecule has 0 bridgehead atoms. The number of nitrogens with zero attached hydrogens (tertiary/aromatic N) is 3. The van der Waals surface area contributed by atoms with Crippen LogP contribution in [-0.2, 0) is 0 Å². The van der Waals surface area contributed by atoms with Crippen LogP contribution in [0.1, 0.15) is 0 Å². The van der Waals surface area contributed by atoms with Crippen molar-refractivity contribution in [3.8, 4) is 50.6 Å². The van der Waals surface area contributed by atoms with Gasteiger partial charge in [0.05, 0.1) is 22.2 Å². The summed E-state index contributed by atoms with van der Waals surface area (Å²) in [7, 11) is 0. The third-order valence-electron chi connectivity index (χ3n) is 11.9. The van der Waals surface area contributed by atoms with E-state index in [4.69, 9.17) is 9.97 Å². The van der Waals surface area contributed by atoms with Gasteiger partial charge < -0.3 is 4.57 Å². The standard InChI is InChI=1S/C56H35N3/c1-4-19-36(20-5-1)49-51-43-29-12-10-27-41(43)42-28-11-13-30-44(42)52(51)50(37-21-6-2-7-22-37)55-53(49)46-32-15-17-34-48(46)59(55)40-26-18-25-39(35-40)56-57-47-33-16-14-31-45(47)54(58-56)38-23-8-3-9-24-38/h1-35H. The van der Waals surface area contributed by atoms with Crippen molar-refractivity contribution in [3.63, 3.8) is 0 Å². The molecule has 0 saturated heterocycles. The molecule has 0 radical (unpaired) electrons. The predicted molar refractivity (Wildman–Crippen MR) is 248 cm³/mol. The SMILES string of the molecule is c1ccc(-c2nc(-c3cccc(-n4c5ccccc5c5c(-c6ccccc6)c6c7ccccc7c7ccccc7c6c(-c6ccccc6)c54)c3)nc3ccccc23)cc1. The number of hydrogen-bond acceptors (Lipinski definition) is 2. The minimum absolute atomic E-state index is 0.696. The maximum absolute atomic E-state index is 5.29. The molecule has 0 saturated carbocycles. The first-order chi connectivity index (χ1) is 29.3. The van der Waals surface area contributed by atoms with Crippen LogP contribution >= 0.6 is 0 Å². The van der Waals surface area contributed by atoms with Crippen molar-refractivity contribution in [2.75, 3.05) is 0 Å². The molecule has 0 unspecified atom stereocenters. The molecule has 0 spiro atoms. The molecule has 10 aromatic carbocycles. The molecule has 0 fully saturated rings. The number of benzene rings is 10. The minimum atomic E-state index is 0.696. The fourth-order valence-corrected chi connectivity index (χ4v) is 9.49. The highest BCUT2D eigenvalue weighted by Crippen LogP contribution is 2.52. The number of hydrogen-bond donors (Lipinski definition) is 0. The number of para-hydroxylation sites is 2. The van der Waals surface area contributed by atoms with Crippen molar-refractivity contribution in [2.45, 2.75) is 0 Å². The third kappa shape index (κ3) is 5.15. The van der Waals surface area contributed by atoms with E-state index in [-0.39, 0.29) is 0 Å². The predicted octanol–water partition coefficient (Wildman–Crippen LogP) is 14.9. The van der Waals surface area contributed by atoms with Gasteiger partial charge >= 0.3 is 0 Å². The van der Waals surface area contributed by atoms with E-state index in [1.165, 1.54) is 70.9 Å². The first kappa shape index (κ1) is 33.3. The van der Waals surface area contributed by atoms with Crippen LogP contribution in [0.4, 0.5) is 0 Å². The molecule has 0 atom stereocenters. The number of aromatic nitrogens is 3. The van der Waals surface area contributed by atoms with Gasteiger partial charge in [0.25, 0.3) is 0 Å². The van der Waals surface area contributed by atoms with Crippen LogP contribution in [-0.4, -0.2) is 14.5 Å². The summed E-state index contributed by atoms with van der Waals surface area (Å²) in [5.74, 6) is 0.696. The largest absolute Gasteiger partial charge is 0.309 e. The van der Waals surface area contributed by atoms with E-state index < -0.39 is 0 Å². The van der Waals surface area contributed by atoms with E-state index in [9.17, 15) is 0 Å². The Kier molecular flexibility index (Phi) is 7.54. The Hall–Kier alpha value is -7.88. The summed E-state index contributed by atoms with van der Waals surface area (Å²) in [5, 5.41) is 11.0. The molecular weight excluding hydrogens is 715 g/mol. The Bertz CT molecular complexity index is 3590. The quantitative estimate of drug-likeness (QED) is 0.164. The third-order valence-corrected chi connectivity index (χ3v) is 11.9. The van der Waals surface area contributed by atoms with Crippen molar-refractivity contribution in [1.29, 1.82) is 0 Å². The lowest BCUT2D eigenvalue weighted by Gasteiger charge is -2.21. The van der Waals surface area contributed by atoms with E-state index in [2.05, 4.69) is 211 Å². The minimum Gasteiger partial charge on any atom is -0.309 e. The van der Waals surface area contributed by atoms with Gasteiger partial charge in [0, 0.05) is 49.5 Å². The summed E-state index contributed by atoms with van der Waals surface area (Å²) in [6.07, 6.45) is 0. The van der Waals surface area contributed by atoms with Crippen LogP contribution < -0.4 is 0 Å². The number of fused-ring (bicyclic) bond motifs is 10. The summed E-state index contributed by atoms with van der Waals surface area (Å²) >= 11 is 0. The van der Waals surface area contributed by atoms with Gasteiger partial charge in [-0.1, -0.05) is 188 Å². The smallest absolute Gasteiger partial charge is 0.160 e. The van der Waals surface area contributed by atoms with Crippen LogP contribution in [0, 0.1) is 0 Å². The molecule has 3 heteroatoms. The van der Waals surface area contributed by atoms with Crippen molar-refractivity contribution in [2.24, 2.45) is 0 Å². The number of rotatable bonds is 5. The van der Waals surface area contributed by atoms with Gasteiger partial charge in [-0.2, -0.15) is 0 Å². The van der Waals surface area contributed by atoms with Gasteiger partial charge in [-0.05, 0) is 62.3 Å². The average Bonchev–Trinajstić information content (AvgIpc) is 3.66. The summed E-state index contributed by atoms with van der Waals surface area (Å²) < 4.78 is 2.49. The Morgan fingerprint density at radius 1 is 0.322 bits per heavy atom. The van der Waals surface area contributed by atoms with Crippen LogP contribution in [0.15, 0.2) is 212 Å². The molecule has 0 aliphatic heterocycles. The maximum Gasteiger partial charge on any atom is 0.160 e. The maximum atomic E-state index is 5.29. The second-order valence-electron chi connectivity index (χ2n) is 15.2. The fraction of sp³-hybridized carbons (Fsp3) is 0. The van der Waals surface area contributed by atoms with E-state index in [1.807, 2.05) is 6.07 Å². The molecule has 59 heavy (non-hydrogen) atoms. The molecule has 2 heterocycles. The van der Waals surface area contributed by atoms with Crippen LogP contribution in [0.3, 0.4) is 0 Å². The zero-order valence-corrected chi connectivity index (χ0v) is 32.0. The first-order valence-electron chi connectivity index (χ1n) is 20.2. The van der Waals surface area contributed by atoms with Crippen LogP contribution in [0.25, 0.3) is 116 Å². The van der Waals surface area contributed by atoms with Crippen LogP contribution in [0.5, 0.6) is 0 Å². The monoisotopic (exact) mass is 749 g/mol.